The normalized spacial score (nSPS) is 39.4. The van der Waals surface area contributed by atoms with Crippen molar-refractivity contribution < 1.29 is 23.9 Å². The summed E-state index contributed by atoms with van der Waals surface area (Å²) in [6.07, 6.45) is 9.39. The first kappa shape index (κ1) is 20.8. The summed E-state index contributed by atoms with van der Waals surface area (Å²) in [5.74, 6) is 1.06. The lowest BCUT2D eigenvalue weighted by Crippen LogP contribution is -2.56. The van der Waals surface area contributed by atoms with Gasteiger partial charge in [0.25, 0.3) is 11.8 Å². The number of carbonyl (C=O) groups excluding carboxylic acids is 4. The van der Waals surface area contributed by atoms with Crippen LogP contribution in [0.4, 0.5) is 4.79 Å². The van der Waals surface area contributed by atoms with E-state index in [0.29, 0.717) is 0 Å². The number of hydrogen-bond donors (Lipinski definition) is 2. The van der Waals surface area contributed by atoms with Gasteiger partial charge in [-0.1, -0.05) is 0 Å². The second-order valence-electron chi connectivity index (χ2n) is 11.0. The first-order valence-electron chi connectivity index (χ1n) is 11.8. The molecule has 31 heavy (non-hydrogen) atoms. The Morgan fingerprint density at radius 2 is 1.71 bits per heavy atom. The van der Waals surface area contributed by atoms with Gasteiger partial charge in [0, 0.05) is 6.04 Å². The standard InChI is InChI=1S/C23H33N3O5/c1-13(23-8-14-5-15(9-23)7-16(6-14)10-23)24-18(27)12-31-19(28)11-26-20(29)22(2,17-3-4-17)25-21(26)30/h13-17H,3-12H2,1-2H3,(H,24,27)(H,25,30)/t13-,14?,15?,16?,22-,23?/m0/s1. The van der Waals surface area contributed by atoms with E-state index in [9.17, 15) is 19.2 Å². The molecule has 6 rings (SSSR count). The van der Waals surface area contributed by atoms with Gasteiger partial charge in [-0.25, -0.2) is 4.79 Å². The summed E-state index contributed by atoms with van der Waals surface area (Å²) in [6, 6.07) is -0.520. The van der Waals surface area contributed by atoms with Crippen LogP contribution < -0.4 is 10.6 Å². The van der Waals surface area contributed by atoms with E-state index in [1.54, 1.807) is 6.92 Å². The molecule has 1 aliphatic heterocycles. The minimum Gasteiger partial charge on any atom is -0.454 e. The monoisotopic (exact) mass is 431 g/mol. The molecule has 170 valence electrons. The van der Waals surface area contributed by atoms with Gasteiger partial charge in [0.05, 0.1) is 0 Å². The molecule has 5 saturated carbocycles. The van der Waals surface area contributed by atoms with Crippen LogP contribution in [0.2, 0.25) is 0 Å². The Labute approximate surface area is 182 Å². The fourth-order valence-corrected chi connectivity index (χ4v) is 7.26. The van der Waals surface area contributed by atoms with Crippen LogP contribution in [0, 0.1) is 29.1 Å². The molecule has 1 saturated heterocycles. The van der Waals surface area contributed by atoms with Crippen LogP contribution in [0.1, 0.15) is 65.2 Å². The molecule has 6 aliphatic rings. The highest BCUT2D eigenvalue weighted by atomic mass is 16.5. The molecule has 2 atom stereocenters. The number of esters is 1. The molecule has 0 aromatic heterocycles. The van der Waals surface area contributed by atoms with Crippen molar-refractivity contribution in [3.63, 3.8) is 0 Å². The van der Waals surface area contributed by atoms with Gasteiger partial charge >= 0.3 is 12.0 Å². The van der Waals surface area contributed by atoms with Gasteiger partial charge in [-0.05, 0) is 94.3 Å². The molecule has 8 heteroatoms. The molecule has 4 bridgehead atoms. The van der Waals surface area contributed by atoms with E-state index in [4.69, 9.17) is 4.74 Å². The molecule has 2 N–H and O–H groups in total. The van der Waals surface area contributed by atoms with Crippen molar-refractivity contribution in [3.05, 3.63) is 0 Å². The molecule has 0 aromatic rings. The Balaban J connectivity index is 1.10. The van der Waals surface area contributed by atoms with Gasteiger partial charge in [-0.15, -0.1) is 0 Å². The van der Waals surface area contributed by atoms with Crippen LogP contribution in [0.25, 0.3) is 0 Å². The molecule has 6 fully saturated rings. The summed E-state index contributed by atoms with van der Waals surface area (Å²) in [6.45, 7) is 2.93. The van der Waals surface area contributed by atoms with Gasteiger partial charge in [-0.2, -0.15) is 0 Å². The average molecular weight is 432 g/mol. The number of amides is 4. The number of imide groups is 1. The van der Waals surface area contributed by atoms with E-state index in [1.165, 1.54) is 38.5 Å². The SMILES string of the molecule is C[C@H](NC(=O)COC(=O)CN1C(=O)N[C@@](C)(C2CC2)C1=O)C12CC3CC(CC(C3)C1)C2. The second kappa shape index (κ2) is 7.20. The van der Waals surface area contributed by atoms with E-state index in [1.807, 2.05) is 0 Å². The maximum Gasteiger partial charge on any atom is 0.326 e. The third kappa shape index (κ3) is 3.61. The number of nitrogens with one attached hydrogen (secondary N) is 2. The summed E-state index contributed by atoms with van der Waals surface area (Å²) in [4.78, 5) is 50.4. The van der Waals surface area contributed by atoms with Crippen molar-refractivity contribution >= 4 is 23.8 Å². The van der Waals surface area contributed by atoms with E-state index in [2.05, 4.69) is 17.6 Å². The topological polar surface area (TPSA) is 105 Å². The van der Waals surface area contributed by atoms with E-state index >= 15 is 0 Å². The smallest absolute Gasteiger partial charge is 0.326 e. The van der Waals surface area contributed by atoms with Crippen LogP contribution in [-0.4, -0.2) is 53.4 Å². The van der Waals surface area contributed by atoms with Crippen LogP contribution in [0.3, 0.4) is 0 Å². The molecular formula is C23H33N3O5. The average Bonchev–Trinajstić information content (AvgIpc) is 3.51. The molecule has 8 nitrogen and oxygen atoms in total. The number of nitrogens with zero attached hydrogens (tertiary/aromatic N) is 1. The zero-order valence-corrected chi connectivity index (χ0v) is 18.4. The summed E-state index contributed by atoms with van der Waals surface area (Å²) in [5, 5.41) is 5.77. The van der Waals surface area contributed by atoms with E-state index < -0.39 is 30.0 Å². The molecular weight excluding hydrogens is 398 g/mol. The van der Waals surface area contributed by atoms with Crippen molar-refractivity contribution in [1.82, 2.24) is 15.5 Å². The molecule has 1 heterocycles. The van der Waals surface area contributed by atoms with Gasteiger partial charge in [-0.3, -0.25) is 19.3 Å². The highest BCUT2D eigenvalue weighted by Crippen LogP contribution is 2.61. The molecule has 0 radical (unpaired) electrons. The Bertz CT molecular complexity index is 787. The highest BCUT2D eigenvalue weighted by molar-refractivity contribution is 6.08. The number of hydrogen-bond acceptors (Lipinski definition) is 5. The Kier molecular flexibility index (Phi) is 4.83. The summed E-state index contributed by atoms with van der Waals surface area (Å²) in [5.41, 5.74) is -0.746. The molecule has 4 amide bonds. The minimum absolute atomic E-state index is 0.0530. The molecule has 0 unspecified atom stereocenters. The maximum atomic E-state index is 12.6. The first-order chi connectivity index (χ1) is 14.7. The van der Waals surface area contributed by atoms with E-state index in [0.717, 1.165) is 35.5 Å². The van der Waals surface area contributed by atoms with Crippen LogP contribution in [0.15, 0.2) is 0 Å². The zero-order valence-electron chi connectivity index (χ0n) is 18.4. The molecule has 5 aliphatic carbocycles. The first-order valence-corrected chi connectivity index (χ1v) is 11.8. The van der Waals surface area contributed by atoms with E-state index in [-0.39, 0.29) is 29.9 Å². The third-order valence-electron chi connectivity index (χ3n) is 8.73. The van der Waals surface area contributed by atoms with Crippen molar-refractivity contribution in [2.24, 2.45) is 29.1 Å². The maximum absolute atomic E-state index is 12.6. The lowest BCUT2D eigenvalue weighted by atomic mass is 9.48. The second-order valence-corrected chi connectivity index (χ2v) is 11.0. The third-order valence-corrected chi connectivity index (χ3v) is 8.73. The van der Waals surface area contributed by atoms with Crippen molar-refractivity contribution in [1.29, 1.82) is 0 Å². The van der Waals surface area contributed by atoms with Gasteiger partial charge in [0.2, 0.25) is 0 Å². The lowest BCUT2D eigenvalue weighted by molar-refractivity contribution is -0.151. The largest absolute Gasteiger partial charge is 0.454 e. The van der Waals surface area contributed by atoms with Gasteiger partial charge in [0.1, 0.15) is 12.1 Å². The van der Waals surface area contributed by atoms with Crippen LogP contribution in [-0.2, 0) is 19.1 Å². The summed E-state index contributed by atoms with van der Waals surface area (Å²) in [7, 11) is 0. The number of urea groups is 1. The van der Waals surface area contributed by atoms with Crippen molar-refractivity contribution in [2.75, 3.05) is 13.2 Å². The fourth-order valence-electron chi connectivity index (χ4n) is 7.26. The summed E-state index contributed by atoms with van der Waals surface area (Å²) >= 11 is 0. The Hall–Kier alpha value is -2.12. The Morgan fingerprint density at radius 1 is 1.13 bits per heavy atom. The van der Waals surface area contributed by atoms with Crippen LogP contribution >= 0.6 is 0 Å². The minimum atomic E-state index is -0.929. The van der Waals surface area contributed by atoms with Gasteiger partial charge < -0.3 is 15.4 Å². The quantitative estimate of drug-likeness (QED) is 0.474. The predicted molar refractivity (Wildman–Crippen MR) is 111 cm³/mol. The number of carbonyl (C=O) groups is 4. The van der Waals surface area contributed by atoms with Gasteiger partial charge in [0.15, 0.2) is 6.61 Å². The zero-order chi connectivity index (χ0) is 22.0. The van der Waals surface area contributed by atoms with Crippen molar-refractivity contribution in [2.45, 2.75) is 76.8 Å². The Morgan fingerprint density at radius 3 is 2.26 bits per heavy atom. The predicted octanol–water partition coefficient (Wildman–Crippen LogP) is 1.97. The highest BCUT2D eigenvalue weighted by Gasteiger charge is 2.56. The fraction of sp³-hybridized carbons (Fsp3) is 0.826. The van der Waals surface area contributed by atoms with Crippen molar-refractivity contribution in [3.8, 4) is 0 Å². The summed E-state index contributed by atoms with van der Waals surface area (Å²) < 4.78 is 5.10. The lowest BCUT2D eigenvalue weighted by Gasteiger charge is -2.59. The number of ether oxygens (including phenoxy) is 1. The molecule has 0 aromatic carbocycles. The number of rotatable bonds is 7. The van der Waals surface area contributed by atoms with Crippen LogP contribution in [0.5, 0.6) is 0 Å². The molecule has 0 spiro atoms.